The first-order chi connectivity index (χ1) is 8.42. The molecule has 100 valence electrons. The molecule has 1 unspecified atom stereocenters. The largest absolute Gasteiger partial charge is 0.495 e. The minimum absolute atomic E-state index is 0.0394. The van der Waals surface area contributed by atoms with Gasteiger partial charge >= 0.3 is 5.97 Å². The molecular weight excluding hydrogens is 254 g/mol. The van der Waals surface area contributed by atoms with Crippen molar-refractivity contribution in [1.82, 2.24) is 0 Å². The van der Waals surface area contributed by atoms with Crippen molar-refractivity contribution >= 4 is 17.6 Å². The van der Waals surface area contributed by atoms with Gasteiger partial charge in [0.25, 0.3) is 0 Å². The molecule has 0 aliphatic heterocycles. The maximum atomic E-state index is 11.2. The lowest BCUT2D eigenvalue weighted by Crippen LogP contribution is -2.22. The molecular formula is C13H18ClNO3. The van der Waals surface area contributed by atoms with Gasteiger partial charge in [-0.3, -0.25) is 4.79 Å². The van der Waals surface area contributed by atoms with Crippen molar-refractivity contribution in [3.8, 4) is 5.75 Å². The lowest BCUT2D eigenvalue weighted by Gasteiger charge is -2.19. The smallest absolute Gasteiger partial charge is 0.312 e. The Morgan fingerprint density at radius 3 is 2.44 bits per heavy atom. The summed E-state index contributed by atoms with van der Waals surface area (Å²) in [5.41, 5.74) is 7.10. The molecule has 1 aromatic rings. The highest BCUT2D eigenvalue weighted by atomic mass is 35.5. The summed E-state index contributed by atoms with van der Waals surface area (Å²) >= 11 is 6.05. The number of hydrogen-bond donors (Lipinski definition) is 2. The van der Waals surface area contributed by atoms with Gasteiger partial charge in [-0.25, -0.2) is 0 Å². The third-order valence-electron chi connectivity index (χ3n) is 2.89. The molecule has 18 heavy (non-hydrogen) atoms. The number of aliphatic carboxylic acids is 1. The first-order valence-corrected chi connectivity index (χ1v) is 6.10. The third-order valence-corrected chi connectivity index (χ3v) is 3.18. The Morgan fingerprint density at radius 2 is 2.06 bits per heavy atom. The van der Waals surface area contributed by atoms with E-state index in [4.69, 9.17) is 22.1 Å². The van der Waals surface area contributed by atoms with Crippen LogP contribution in [0.5, 0.6) is 5.75 Å². The lowest BCUT2D eigenvalue weighted by molar-refractivity contribution is -0.138. The average Bonchev–Trinajstić information content (AvgIpc) is 2.29. The summed E-state index contributed by atoms with van der Waals surface area (Å²) in [6.07, 6.45) is 0. The van der Waals surface area contributed by atoms with E-state index < -0.39 is 11.9 Å². The molecule has 1 aromatic carbocycles. The Labute approximate surface area is 112 Å². The van der Waals surface area contributed by atoms with E-state index in [9.17, 15) is 9.90 Å². The van der Waals surface area contributed by atoms with Crippen LogP contribution in [0.3, 0.4) is 0 Å². The van der Waals surface area contributed by atoms with E-state index in [1.807, 2.05) is 13.8 Å². The van der Waals surface area contributed by atoms with Crippen molar-refractivity contribution in [1.29, 1.82) is 0 Å². The maximum absolute atomic E-state index is 11.2. The fourth-order valence-corrected chi connectivity index (χ4v) is 2.15. The quantitative estimate of drug-likeness (QED) is 0.863. The van der Waals surface area contributed by atoms with Crippen LogP contribution in [0.2, 0.25) is 5.02 Å². The number of methoxy groups -OCH3 is 1. The minimum Gasteiger partial charge on any atom is -0.495 e. The molecule has 0 saturated carbocycles. The van der Waals surface area contributed by atoms with Crippen molar-refractivity contribution in [3.05, 3.63) is 28.3 Å². The monoisotopic (exact) mass is 271 g/mol. The number of halogens is 1. The van der Waals surface area contributed by atoms with Crippen LogP contribution in [-0.4, -0.2) is 24.7 Å². The molecule has 0 amide bonds. The van der Waals surface area contributed by atoms with Gasteiger partial charge in [-0.15, -0.1) is 0 Å². The maximum Gasteiger partial charge on any atom is 0.312 e. The minimum atomic E-state index is -0.944. The Bertz CT molecular complexity index is 446. The van der Waals surface area contributed by atoms with Crippen LogP contribution in [0.25, 0.3) is 0 Å². The fourth-order valence-electron chi connectivity index (χ4n) is 1.90. The highest BCUT2D eigenvalue weighted by molar-refractivity contribution is 6.32. The molecule has 5 heteroatoms. The zero-order valence-electron chi connectivity index (χ0n) is 10.7. The summed E-state index contributed by atoms with van der Waals surface area (Å²) in [5, 5.41) is 9.60. The van der Waals surface area contributed by atoms with E-state index in [0.717, 1.165) is 5.56 Å². The summed E-state index contributed by atoms with van der Waals surface area (Å²) in [5.74, 6) is -0.976. The van der Waals surface area contributed by atoms with Crippen LogP contribution in [0.15, 0.2) is 12.1 Å². The molecule has 1 rings (SSSR count). The number of carbonyl (C=O) groups is 1. The number of rotatable bonds is 5. The standard InChI is InChI=1S/C13H18ClNO3/c1-7(2)8-5-12(18-3)11(14)4-9(8)10(6-15)13(16)17/h4-5,7,10H,6,15H2,1-3H3,(H,16,17). The van der Waals surface area contributed by atoms with Crippen molar-refractivity contribution in [3.63, 3.8) is 0 Å². The summed E-state index contributed by atoms with van der Waals surface area (Å²) in [6, 6.07) is 3.43. The van der Waals surface area contributed by atoms with E-state index in [-0.39, 0.29) is 12.5 Å². The van der Waals surface area contributed by atoms with E-state index in [1.165, 1.54) is 7.11 Å². The summed E-state index contributed by atoms with van der Waals surface area (Å²) < 4.78 is 5.15. The van der Waals surface area contributed by atoms with Crippen molar-refractivity contribution in [2.24, 2.45) is 5.73 Å². The topological polar surface area (TPSA) is 72.5 Å². The lowest BCUT2D eigenvalue weighted by atomic mass is 9.88. The van der Waals surface area contributed by atoms with Crippen LogP contribution in [0, 0.1) is 0 Å². The third kappa shape index (κ3) is 2.94. The van der Waals surface area contributed by atoms with Gasteiger partial charge in [-0.2, -0.15) is 0 Å². The Balaban J connectivity index is 3.41. The van der Waals surface area contributed by atoms with Crippen LogP contribution in [0.1, 0.15) is 36.8 Å². The second-order valence-electron chi connectivity index (χ2n) is 4.40. The fraction of sp³-hybridized carbons (Fsp3) is 0.462. The van der Waals surface area contributed by atoms with Gasteiger partial charge in [0, 0.05) is 6.54 Å². The molecule has 0 radical (unpaired) electrons. The molecule has 0 heterocycles. The number of carboxylic acid groups (broad SMARTS) is 1. The second-order valence-corrected chi connectivity index (χ2v) is 4.80. The average molecular weight is 272 g/mol. The van der Waals surface area contributed by atoms with Gasteiger partial charge < -0.3 is 15.6 Å². The van der Waals surface area contributed by atoms with Crippen molar-refractivity contribution in [2.75, 3.05) is 13.7 Å². The van der Waals surface area contributed by atoms with Crippen molar-refractivity contribution < 1.29 is 14.6 Å². The van der Waals surface area contributed by atoms with Crippen LogP contribution >= 0.6 is 11.6 Å². The molecule has 1 atom stereocenters. The van der Waals surface area contributed by atoms with E-state index in [2.05, 4.69) is 0 Å². The normalized spacial score (nSPS) is 12.6. The Kier molecular flexibility index (Phi) is 4.99. The predicted octanol–water partition coefficient (Wildman–Crippen LogP) is 2.60. The van der Waals surface area contributed by atoms with Gasteiger partial charge in [0.2, 0.25) is 0 Å². The molecule has 0 bridgehead atoms. The molecule has 0 aliphatic carbocycles. The van der Waals surface area contributed by atoms with Crippen LogP contribution in [-0.2, 0) is 4.79 Å². The van der Waals surface area contributed by atoms with Gasteiger partial charge in [0.1, 0.15) is 5.75 Å². The van der Waals surface area contributed by atoms with E-state index >= 15 is 0 Å². The van der Waals surface area contributed by atoms with Crippen LogP contribution < -0.4 is 10.5 Å². The van der Waals surface area contributed by atoms with E-state index in [0.29, 0.717) is 16.3 Å². The summed E-state index contributed by atoms with van der Waals surface area (Å²) in [4.78, 5) is 11.2. The first kappa shape index (κ1) is 14.8. The predicted molar refractivity (Wildman–Crippen MR) is 71.5 cm³/mol. The summed E-state index contributed by atoms with van der Waals surface area (Å²) in [7, 11) is 1.53. The van der Waals surface area contributed by atoms with Gasteiger partial charge in [0.05, 0.1) is 18.1 Å². The molecule has 0 aliphatic rings. The second kappa shape index (κ2) is 6.07. The Morgan fingerprint density at radius 1 is 1.44 bits per heavy atom. The zero-order chi connectivity index (χ0) is 13.9. The number of hydrogen-bond acceptors (Lipinski definition) is 3. The Hall–Kier alpha value is -1.26. The molecule has 4 nitrogen and oxygen atoms in total. The number of carboxylic acids is 1. The number of benzene rings is 1. The molecule has 0 aromatic heterocycles. The molecule has 0 spiro atoms. The van der Waals surface area contributed by atoms with Crippen LogP contribution in [0.4, 0.5) is 0 Å². The summed E-state index contributed by atoms with van der Waals surface area (Å²) in [6.45, 7) is 4.01. The van der Waals surface area contributed by atoms with Crippen molar-refractivity contribution in [2.45, 2.75) is 25.7 Å². The number of nitrogens with two attached hydrogens (primary N) is 1. The molecule has 3 N–H and O–H groups in total. The molecule has 0 saturated heterocycles. The van der Waals surface area contributed by atoms with E-state index in [1.54, 1.807) is 12.1 Å². The first-order valence-electron chi connectivity index (χ1n) is 5.72. The van der Waals surface area contributed by atoms with Gasteiger partial charge in [-0.1, -0.05) is 25.4 Å². The highest BCUT2D eigenvalue weighted by Gasteiger charge is 2.24. The van der Waals surface area contributed by atoms with Gasteiger partial charge in [0.15, 0.2) is 0 Å². The van der Waals surface area contributed by atoms with Gasteiger partial charge in [-0.05, 0) is 29.2 Å². The SMILES string of the molecule is COc1cc(C(C)C)c(C(CN)C(=O)O)cc1Cl. The number of ether oxygens (including phenoxy) is 1. The zero-order valence-corrected chi connectivity index (χ0v) is 11.5. The molecule has 0 fully saturated rings. The highest BCUT2D eigenvalue weighted by Crippen LogP contribution is 2.35.